The van der Waals surface area contributed by atoms with Crippen LogP contribution in [0.4, 0.5) is 0 Å². The van der Waals surface area contributed by atoms with Crippen molar-refractivity contribution in [1.82, 2.24) is 9.78 Å². The van der Waals surface area contributed by atoms with Crippen LogP contribution in [0.15, 0.2) is 54.7 Å². The first kappa shape index (κ1) is 14.6. The van der Waals surface area contributed by atoms with E-state index < -0.39 is 0 Å². The molecule has 1 heterocycles. The highest BCUT2D eigenvalue weighted by Gasteiger charge is 2.17. The van der Waals surface area contributed by atoms with Gasteiger partial charge in [-0.1, -0.05) is 44.2 Å². The minimum absolute atomic E-state index is 0.0554. The van der Waals surface area contributed by atoms with Crippen LogP contribution in [-0.4, -0.2) is 9.78 Å². The normalized spacial score (nSPS) is 12.7. The number of benzene rings is 2. The third kappa shape index (κ3) is 2.84. The van der Waals surface area contributed by atoms with E-state index in [1.165, 1.54) is 5.56 Å². The summed E-state index contributed by atoms with van der Waals surface area (Å²) in [6, 6.07) is 16.6. The molecule has 0 unspecified atom stereocenters. The second kappa shape index (κ2) is 6.22. The maximum Gasteiger partial charge on any atom is 0.126 e. The van der Waals surface area contributed by atoms with Crippen LogP contribution >= 0.6 is 0 Å². The van der Waals surface area contributed by atoms with Crippen LogP contribution < -0.4 is 4.74 Å². The van der Waals surface area contributed by atoms with Gasteiger partial charge in [0.15, 0.2) is 0 Å². The molecule has 3 rings (SSSR count). The first-order chi connectivity index (χ1) is 10.7. The summed E-state index contributed by atoms with van der Waals surface area (Å²) in [4.78, 5) is 0. The SMILES string of the molecule is CCn1ncc2cc(O[C@H](c3ccccc3)C(C)C)ccc21. The molecule has 0 bridgehead atoms. The van der Waals surface area contributed by atoms with Gasteiger partial charge in [0.25, 0.3) is 0 Å². The van der Waals surface area contributed by atoms with E-state index in [0.717, 1.165) is 23.2 Å². The van der Waals surface area contributed by atoms with Crippen molar-refractivity contribution < 1.29 is 4.74 Å². The van der Waals surface area contributed by atoms with Gasteiger partial charge in [0, 0.05) is 11.9 Å². The lowest BCUT2D eigenvalue weighted by Crippen LogP contribution is -2.14. The molecule has 0 saturated carbocycles. The Labute approximate surface area is 131 Å². The summed E-state index contributed by atoms with van der Waals surface area (Å²) < 4.78 is 8.27. The van der Waals surface area contributed by atoms with Gasteiger partial charge in [-0.2, -0.15) is 5.10 Å². The maximum atomic E-state index is 6.28. The van der Waals surface area contributed by atoms with Crippen LogP contribution in [0.1, 0.15) is 32.4 Å². The highest BCUT2D eigenvalue weighted by molar-refractivity contribution is 5.80. The van der Waals surface area contributed by atoms with Crippen LogP contribution in [-0.2, 0) is 6.54 Å². The molecule has 1 aromatic heterocycles. The van der Waals surface area contributed by atoms with Crippen LogP contribution in [0, 0.1) is 5.92 Å². The molecule has 3 nitrogen and oxygen atoms in total. The van der Waals surface area contributed by atoms with Gasteiger partial charge in [-0.3, -0.25) is 4.68 Å². The van der Waals surface area contributed by atoms with E-state index in [2.05, 4.69) is 62.3 Å². The molecule has 3 aromatic rings. The number of aromatic nitrogens is 2. The van der Waals surface area contributed by atoms with Crippen LogP contribution in [0.3, 0.4) is 0 Å². The van der Waals surface area contributed by atoms with Crippen molar-refractivity contribution in [3.8, 4) is 5.75 Å². The van der Waals surface area contributed by atoms with Crippen LogP contribution in [0.5, 0.6) is 5.75 Å². The molecule has 0 spiro atoms. The highest BCUT2D eigenvalue weighted by atomic mass is 16.5. The molecule has 2 aromatic carbocycles. The second-order valence-electron chi connectivity index (χ2n) is 5.87. The van der Waals surface area contributed by atoms with Gasteiger partial charge < -0.3 is 4.74 Å². The van der Waals surface area contributed by atoms with Gasteiger partial charge in [-0.05, 0) is 36.6 Å². The largest absolute Gasteiger partial charge is 0.485 e. The predicted molar refractivity (Wildman–Crippen MR) is 90.1 cm³/mol. The summed E-state index contributed by atoms with van der Waals surface area (Å²) in [5.74, 6) is 1.29. The maximum absolute atomic E-state index is 6.28. The summed E-state index contributed by atoms with van der Waals surface area (Å²) in [6.45, 7) is 7.35. The van der Waals surface area contributed by atoms with Crippen molar-refractivity contribution in [2.75, 3.05) is 0 Å². The van der Waals surface area contributed by atoms with Crippen molar-refractivity contribution in [2.24, 2.45) is 5.92 Å². The van der Waals surface area contributed by atoms with Gasteiger partial charge in [0.1, 0.15) is 11.9 Å². The monoisotopic (exact) mass is 294 g/mol. The zero-order valence-electron chi connectivity index (χ0n) is 13.4. The Bertz CT molecular complexity index is 746. The lowest BCUT2D eigenvalue weighted by molar-refractivity contribution is 0.154. The molecular weight excluding hydrogens is 272 g/mol. The molecule has 0 N–H and O–H groups in total. The number of fused-ring (bicyclic) bond motifs is 1. The van der Waals surface area contributed by atoms with Crippen molar-refractivity contribution in [2.45, 2.75) is 33.4 Å². The first-order valence-corrected chi connectivity index (χ1v) is 7.86. The van der Waals surface area contributed by atoms with E-state index in [9.17, 15) is 0 Å². The van der Waals surface area contributed by atoms with E-state index in [-0.39, 0.29) is 6.10 Å². The molecule has 0 aliphatic carbocycles. The lowest BCUT2D eigenvalue weighted by Gasteiger charge is -2.23. The molecule has 1 atom stereocenters. The van der Waals surface area contributed by atoms with Crippen LogP contribution in [0.2, 0.25) is 0 Å². The number of hydrogen-bond acceptors (Lipinski definition) is 2. The fourth-order valence-electron chi connectivity index (χ4n) is 2.77. The van der Waals surface area contributed by atoms with E-state index >= 15 is 0 Å². The van der Waals surface area contributed by atoms with E-state index in [1.807, 2.05) is 23.0 Å². The number of aryl methyl sites for hydroxylation is 1. The standard InChI is InChI=1S/C19H22N2O/c1-4-21-18-11-10-17(12-16(18)13-20-21)22-19(14(2)3)15-8-6-5-7-9-15/h5-14,19H,4H2,1-3H3/t19-/m0/s1. The average molecular weight is 294 g/mol. The summed E-state index contributed by atoms with van der Waals surface area (Å²) in [7, 11) is 0. The molecule has 0 amide bonds. The third-order valence-corrected chi connectivity index (χ3v) is 3.91. The Kier molecular flexibility index (Phi) is 4.14. The number of rotatable bonds is 5. The number of ether oxygens (including phenoxy) is 1. The molecule has 22 heavy (non-hydrogen) atoms. The van der Waals surface area contributed by atoms with E-state index in [4.69, 9.17) is 4.74 Å². The summed E-state index contributed by atoms with van der Waals surface area (Å²) >= 11 is 0. The van der Waals surface area contributed by atoms with Gasteiger partial charge in [-0.25, -0.2) is 0 Å². The Morgan fingerprint density at radius 2 is 1.86 bits per heavy atom. The molecule has 3 heteroatoms. The quantitative estimate of drug-likeness (QED) is 0.673. The van der Waals surface area contributed by atoms with E-state index in [1.54, 1.807) is 0 Å². The molecule has 0 aliphatic heterocycles. The zero-order chi connectivity index (χ0) is 15.5. The molecule has 0 aliphatic rings. The van der Waals surface area contributed by atoms with Crippen LogP contribution in [0.25, 0.3) is 10.9 Å². The molecular formula is C19H22N2O. The van der Waals surface area contributed by atoms with Gasteiger partial charge in [0.2, 0.25) is 0 Å². The number of nitrogens with zero attached hydrogens (tertiary/aromatic N) is 2. The lowest BCUT2D eigenvalue weighted by atomic mass is 9.99. The summed E-state index contributed by atoms with van der Waals surface area (Å²) in [5, 5.41) is 5.51. The van der Waals surface area contributed by atoms with Gasteiger partial charge >= 0.3 is 0 Å². The Hall–Kier alpha value is -2.29. The molecule has 0 fully saturated rings. The van der Waals surface area contributed by atoms with Crippen molar-refractivity contribution in [1.29, 1.82) is 0 Å². The minimum atomic E-state index is 0.0554. The Balaban J connectivity index is 1.90. The van der Waals surface area contributed by atoms with E-state index in [0.29, 0.717) is 5.92 Å². The fraction of sp³-hybridized carbons (Fsp3) is 0.316. The minimum Gasteiger partial charge on any atom is -0.485 e. The van der Waals surface area contributed by atoms with Gasteiger partial charge in [-0.15, -0.1) is 0 Å². The topological polar surface area (TPSA) is 27.1 Å². The third-order valence-electron chi connectivity index (χ3n) is 3.91. The van der Waals surface area contributed by atoms with Gasteiger partial charge in [0.05, 0.1) is 11.7 Å². The molecule has 114 valence electrons. The summed E-state index contributed by atoms with van der Waals surface area (Å²) in [6.07, 6.45) is 1.96. The molecule has 0 saturated heterocycles. The Morgan fingerprint density at radius 1 is 1.09 bits per heavy atom. The zero-order valence-corrected chi connectivity index (χ0v) is 13.4. The van der Waals surface area contributed by atoms with Crippen molar-refractivity contribution in [3.05, 3.63) is 60.3 Å². The Morgan fingerprint density at radius 3 is 2.55 bits per heavy atom. The highest BCUT2D eigenvalue weighted by Crippen LogP contribution is 2.30. The van der Waals surface area contributed by atoms with Crippen molar-refractivity contribution in [3.63, 3.8) is 0 Å². The average Bonchev–Trinajstić information content (AvgIpc) is 2.95. The smallest absolute Gasteiger partial charge is 0.126 e. The number of hydrogen-bond donors (Lipinski definition) is 0. The fourth-order valence-corrected chi connectivity index (χ4v) is 2.77. The molecule has 0 radical (unpaired) electrons. The second-order valence-corrected chi connectivity index (χ2v) is 5.87. The first-order valence-electron chi connectivity index (χ1n) is 7.86. The predicted octanol–water partition coefficient (Wildman–Crippen LogP) is 4.83. The van der Waals surface area contributed by atoms with Crippen molar-refractivity contribution >= 4 is 10.9 Å². The summed E-state index contributed by atoms with van der Waals surface area (Å²) in [5.41, 5.74) is 2.36.